The highest BCUT2D eigenvalue weighted by Gasteiger charge is 2.43. The molecule has 0 heterocycles. The molecule has 0 N–H and O–H groups in total. The van der Waals surface area contributed by atoms with Gasteiger partial charge in [-0.15, -0.1) is 0 Å². The van der Waals surface area contributed by atoms with Gasteiger partial charge in [0.15, 0.2) is 0 Å². The maximum Gasteiger partial charge on any atom is 0.293 e. The van der Waals surface area contributed by atoms with Crippen LogP contribution in [0.4, 0.5) is 0 Å². The standard InChI is InChI=1S/C11H20O2/c1-8-9(2)11(3,4)5-10(8)6-13-7-12/h7-10H,5-6H2,1-4H3. The van der Waals surface area contributed by atoms with Crippen LogP contribution in [0.3, 0.4) is 0 Å². The van der Waals surface area contributed by atoms with E-state index >= 15 is 0 Å². The largest absolute Gasteiger partial charge is 0.468 e. The molecular formula is C11H20O2. The van der Waals surface area contributed by atoms with Crippen LogP contribution in [0.1, 0.15) is 34.1 Å². The summed E-state index contributed by atoms with van der Waals surface area (Å²) in [6, 6.07) is 0. The summed E-state index contributed by atoms with van der Waals surface area (Å²) in [5.74, 6) is 1.93. The molecule has 13 heavy (non-hydrogen) atoms. The molecule has 3 unspecified atom stereocenters. The van der Waals surface area contributed by atoms with E-state index in [0.717, 1.165) is 0 Å². The highest BCUT2D eigenvalue weighted by atomic mass is 16.5. The molecule has 0 radical (unpaired) electrons. The zero-order valence-electron chi connectivity index (χ0n) is 9.04. The molecule has 0 aromatic heterocycles. The summed E-state index contributed by atoms with van der Waals surface area (Å²) in [6.45, 7) is 10.3. The van der Waals surface area contributed by atoms with Gasteiger partial charge in [0, 0.05) is 0 Å². The van der Waals surface area contributed by atoms with E-state index in [2.05, 4.69) is 27.7 Å². The minimum Gasteiger partial charge on any atom is -0.468 e. The fraction of sp³-hybridized carbons (Fsp3) is 0.909. The van der Waals surface area contributed by atoms with Crippen molar-refractivity contribution in [2.45, 2.75) is 34.1 Å². The van der Waals surface area contributed by atoms with E-state index in [1.165, 1.54) is 6.42 Å². The lowest BCUT2D eigenvalue weighted by molar-refractivity contribution is -0.130. The SMILES string of the molecule is CC1C(COC=O)CC(C)(C)C1C. The molecule has 0 aromatic rings. The molecule has 1 aliphatic carbocycles. The van der Waals surface area contributed by atoms with E-state index in [9.17, 15) is 4.79 Å². The van der Waals surface area contributed by atoms with E-state index in [0.29, 0.717) is 36.2 Å². The molecule has 1 saturated carbocycles. The first kappa shape index (κ1) is 10.6. The number of hydrogen-bond acceptors (Lipinski definition) is 2. The summed E-state index contributed by atoms with van der Waals surface area (Å²) in [6.07, 6.45) is 1.17. The second-order valence-corrected chi connectivity index (χ2v) is 5.03. The lowest BCUT2D eigenvalue weighted by atomic mass is 9.81. The third-order valence-corrected chi connectivity index (χ3v) is 3.93. The predicted molar refractivity (Wildman–Crippen MR) is 52.2 cm³/mol. The number of hydrogen-bond donors (Lipinski definition) is 0. The van der Waals surface area contributed by atoms with Gasteiger partial charge in [0.1, 0.15) is 0 Å². The van der Waals surface area contributed by atoms with Crippen LogP contribution in [0.25, 0.3) is 0 Å². The third-order valence-electron chi connectivity index (χ3n) is 3.93. The fourth-order valence-corrected chi connectivity index (χ4v) is 2.54. The van der Waals surface area contributed by atoms with Crippen LogP contribution >= 0.6 is 0 Å². The van der Waals surface area contributed by atoms with Crippen LogP contribution in [0.5, 0.6) is 0 Å². The molecule has 3 atom stereocenters. The lowest BCUT2D eigenvalue weighted by Gasteiger charge is -2.25. The van der Waals surface area contributed by atoms with Gasteiger partial charge in [-0.1, -0.05) is 27.7 Å². The van der Waals surface area contributed by atoms with Gasteiger partial charge in [-0.25, -0.2) is 0 Å². The Kier molecular flexibility index (Phi) is 2.99. The van der Waals surface area contributed by atoms with E-state index < -0.39 is 0 Å². The number of rotatable bonds is 3. The number of ether oxygens (including phenoxy) is 1. The van der Waals surface area contributed by atoms with Gasteiger partial charge in [0.05, 0.1) is 6.61 Å². The van der Waals surface area contributed by atoms with Gasteiger partial charge in [-0.3, -0.25) is 4.79 Å². The summed E-state index contributed by atoms with van der Waals surface area (Å²) in [5, 5.41) is 0. The Morgan fingerprint density at radius 1 is 1.46 bits per heavy atom. The van der Waals surface area contributed by atoms with Crippen LogP contribution in [0, 0.1) is 23.2 Å². The fourth-order valence-electron chi connectivity index (χ4n) is 2.54. The minimum absolute atomic E-state index is 0.399. The molecule has 2 heteroatoms. The molecule has 0 aromatic carbocycles. The lowest BCUT2D eigenvalue weighted by Crippen LogP contribution is -2.17. The van der Waals surface area contributed by atoms with E-state index in [4.69, 9.17) is 4.74 Å². The van der Waals surface area contributed by atoms with Crippen molar-refractivity contribution in [1.29, 1.82) is 0 Å². The first-order chi connectivity index (χ1) is 5.99. The van der Waals surface area contributed by atoms with Gasteiger partial charge >= 0.3 is 0 Å². The summed E-state index contributed by atoms with van der Waals surface area (Å²) in [7, 11) is 0. The zero-order valence-corrected chi connectivity index (χ0v) is 9.04. The van der Waals surface area contributed by atoms with Crippen molar-refractivity contribution in [3.8, 4) is 0 Å². The number of carbonyl (C=O) groups is 1. The maximum absolute atomic E-state index is 10.1. The Hall–Kier alpha value is -0.530. The van der Waals surface area contributed by atoms with Crippen molar-refractivity contribution in [2.75, 3.05) is 6.61 Å². The first-order valence-corrected chi connectivity index (χ1v) is 5.04. The van der Waals surface area contributed by atoms with Crippen LogP contribution in [0.2, 0.25) is 0 Å². The Labute approximate surface area is 80.7 Å². The third kappa shape index (κ3) is 2.04. The predicted octanol–water partition coefficient (Wildman–Crippen LogP) is 2.48. The molecule has 1 fully saturated rings. The van der Waals surface area contributed by atoms with E-state index in [-0.39, 0.29) is 0 Å². The molecule has 0 bridgehead atoms. The second-order valence-electron chi connectivity index (χ2n) is 5.03. The highest BCUT2D eigenvalue weighted by Crippen LogP contribution is 2.49. The maximum atomic E-state index is 10.1. The first-order valence-electron chi connectivity index (χ1n) is 5.04. The Morgan fingerprint density at radius 3 is 2.46 bits per heavy atom. The molecule has 0 spiro atoms. The summed E-state index contributed by atoms with van der Waals surface area (Å²) in [4.78, 5) is 10.1. The van der Waals surface area contributed by atoms with E-state index in [1.54, 1.807) is 0 Å². The Bertz CT molecular complexity index is 187. The van der Waals surface area contributed by atoms with Gasteiger partial charge in [0.2, 0.25) is 0 Å². The van der Waals surface area contributed by atoms with Crippen molar-refractivity contribution in [3.63, 3.8) is 0 Å². The molecule has 0 amide bonds. The summed E-state index contributed by atoms with van der Waals surface area (Å²) >= 11 is 0. The van der Waals surface area contributed by atoms with Crippen LogP contribution in [0.15, 0.2) is 0 Å². The normalized spacial score (nSPS) is 37.4. The van der Waals surface area contributed by atoms with Crippen molar-refractivity contribution in [1.82, 2.24) is 0 Å². The molecule has 1 aliphatic rings. The molecule has 76 valence electrons. The molecule has 1 rings (SSSR count). The molecular weight excluding hydrogens is 164 g/mol. The molecule has 2 nitrogen and oxygen atoms in total. The van der Waals surface area contributed by atoms with Crippen LogP contribution < -0.4 is 0 Å². The Morgan fingerprint density at radius 2 is 2.08 bits per heavy atom. The van der Waals surface area contributed by atoms with Crippen molar-refractivity contribution in [2.24, 2.45) is 23.2 Å². The quantitative estimate of drug-likeness (QED) is 0.630. The van der Waals surface area contributed by atoms with Gasteiger partial charge < -0.3 is 4.74 Å². The highest BCUT2D eigenvalue weighted by molar-refractivity contribution is 5.36. The van der Waals surface area contributed by atoms with Gasteiger partial charge in [-0.2, -0.15) is 0 Å². The van der Waals surface area contributed by atoms with Crippen molar-refractivity contribution >= 4 is 6.47 Å². The van der Waals surface area contributed by atoms with Gasteiger partial charge in [-0.05, 0) is 29.6 Å². The summed E-state index contributed by atoms with van der Waals surface area (Å²) in [5.41, 5.74) is 0.399. The van der Waals surface area contributed by atoms with Crippen molar-refractivity contribution < 1.29 is 9.53 Å². The number of carbonyl (C=O) groups excluding carboxylic acids is 1. The van der Waals surface area contributed by atoms with Crippen LogP contribution in [-0.4, -0.2) is 13.1 Å². The summed E-state index contributed by atoms with van der Waals surface area (Å²) < 4.78 is 4.85. The molecule has 0 aliphatic heterocycles. The monoisotopic (exact) mass is 184 g/mol. The minimum atomic E-state index is 0.399. The van der Waals surface area contributed by atoms with Gasteiger partial charge in [0.25, 0.3) is 6.47 Å². The smallest absolute Gasteiger partial charge is 0.293 e. The van der Waals surface area contributed by atoms with E-state index in [1.807, 2.05) is 0 Å². The average molecular weight is 184 g/mol. The average Bonchev–Trinajstić information content (AvgIpc) is 2.26. The van der Waals surface area contributed by atoms with Crippen molar-refractivity contribution in [3.05, 3.63) is 0 Å². The Balaban J connectivity index is 2.55. The molecule has 0 saturated heterocycles. The zero-order chi connectivity index (χ0) is 10.1. The van der Waals surface area contributed by atoms with Crippen LogP contribution in [-0.2, 0) is 9.53 Å². The topological polar surface area (TPSA) is 26.3 Å². The second kappa shape index (κ2) is 3.69.